The zero-order valence-electron chi connectivity index (χ0n) is 19.2. The van der Waals surface area contributed by atoms with E-state index in [0.717, 1.165) is 12.1 Å². The summed E-state index contributed by atoms with van der Waals surface area (Å²) in [5.41, 5.74) is -0.283. The second-order valence-electron chi connectivity index (χ2n) is 8.21. The third-order valence-corrected chi connectivity index (χ3v) is 5.80. The van der Waals surface area contributed by atoms with E-state index in [1.165, 1.54) is 6.07 Å². The lowest BCUT2D eigenvalue weighted by Gasteiger charge is -2.10. The standard InChI is InChI=1S/C26H16N4O7/c1-15-11-18-24(21(12-15)29(33)34)25-19(13-16(28(31)32)14-22(25)30(35)36)26(18)27-20-9-5-6-10-23(20)37-17-7-3-2-4-8-17/h2-14H,1H3. The van der Waals surface area contributed by atoms with Crippen LogP contribution in [0.2, 0.25) is 0 Å². The smallest absolute Gasteiger partial charge is 0.285 e. The highest BCUT2D eigenvalue weighted by atomic mass is 16.6. The van der Waals surface area contributed by atoms with Gasteiger partial charge in [0.15, 0.2) is 5.75 Å². The van der Waals surface area contributed by atoms with Crippen LogP contribution >= 0.6 is 0 Å². The number of benzene rings is 4. The fourth-order valence-electron chi connectivity index (χ4n) is 4.31. The van der Waals surface area contributed by atoms with Crippen molar-refractivity contribution in [3.63, 3.8) is 0 Å². The van der Waals surface area contributed by atoms with Crippen LogP contribution in [0.25, 0.3) is 11.1 Å². The second-order valence-corrected chi connectivity index (χ2v) is 8.21. The second kappa shape index (κ2) is 8.96. The predicted molar refractivity (Wildman–Crippen MR) is 135 cm³/mol. The van der Waals surface area contributed by atoms with Crippen molar-refractivity contribution < 1.29 is 19.5 Å². The van der Waals surface area contributed by atoms with Crippen LogP contribution in [-0.2, 0) is 0 Å². The van der Waals surface area contributed by atoms with Crippen LogP contribution < -0.4 is 4.74 Å². The van der Waals surface area contributed by atoms with Crippen LogP contribution in [-0.4, -0.2) is 20.5 Å². The summed E-state index contributed by atoms with van der Waals surface area (Å²) >= 11 is 0. The Balaban J connectivity index is 1.83. The summed E-state index contributed by atoms with van der Waals surface area (Å²) in [4.78, 5) is 38.1. The summed E-state index contributed by atoms with van der Waals surface area (Å²) in [5.74, 6) is 0.901. The van der Waals surface area contributed by atoms with Crippen LogP contribution in [0.15, 0.2) is 83.9 Å². The molecule has 0 N–H and O–H groups in total. The van der Waals surface area contributed by atoms with Crippen LogP contribution in [0.4, 0.5) is 22.7 Å². The van der Waals surface area contributed by atoms with Crippen molar-refractivity contribution in [2.75, 3.05) is 0 Å². The van der Waals surface area contributed by atoms with E-state index in [0.29, 0.717) is 22.7 Å². The van der Waals surface area contributed by atoms with E-state index in [1.54, 1.807) is 61.5 Å². The lowest BCUT2D eigenvalue weighted by Crippen LogP contribution is -2.01. The Bertz CT molecular complexity index is 1650. The molecule has 1 aliphatic carbocycles. The number of rotatable bonds is 6. The number of hydrogen-bond acceptors (Lipinski definition) is 8. The summed E-state index contributed by atoms with van der Waals surface area (Å²) < 4.78 is 5.97. The summed E-state index contributed by atoms with van der Waals surface area (Å²) in [7, 11) is 0. The van der Waals surface area contributed by atoms with Gasteiger partial charge in [0.1, 0.15) is 11.4 Å². The molecule has 0 aromatic heterocycles. The average Bonchev–Trinajstić information content (AvgIpc) is 3.17. The summed E-state index contributed by atoms with van der Waals surface area (Å²) in [5, 5.41) is 35.6. The van der Waals surface area contributed by atoms with Gasteiger partial charge < -0.3 is 4.74 Å². The van der Waals surface area contributed by atoms with Crippen molar-refractivity contribution in [3.8, 4) is 22.6 Å². The molecular formula is C26H16N4O7. The number of nitro groups is 3. The van der Waals surface area contributed by atoms with Gasteiger partial charge in [-0.25, -0.2) is 4.99 Å². The van der Waals surface area contributed by atoms with Crippen molar-refractivity contribution >= 4 is 28.5 Å². The molecule has 0 saturated carbocycles. The zero-order valence-corrected chi connectivity index (χ0v) is 19.2. The first kappa shape index (κ1) is 23.3. The van der Waals surface area contributed by atoms with Crippen molar-refractivity contribution in [2.45, 2.75) is 6.92 Å². The topological polar surface area (TPSA) is 151 Å². The molecule has 182 valence electrons. The van der Waals surface area contributed by atoms with Crippen LogP contribution in [0.1, 0.15) is 16.7 Å². The van der Waals surface area contributed by atoms with Crippen molar-refractivity contribution in [1.29, 1.82) is 0 Å². The van der Waals surface area contributed by atoms with Gasteiger partial charge in [-0.3, -0.25) is 30.3 Å². The van der Waals surface area contributed by atoms with Gasteiger partial charge in [0.25, 0.3) is 17.1 Å². The number of aryl methyl sites for hydroxylation is 1. The molecule has 4 aromatic rings. The molecule has 0 spiro atoms. The molecule has 0 aliphatic heterocycles. The van der Waals surface area contributed by atoms with Gasteiger partial charge in [-0.1, -0.05) is 30.3 Å². The Hall–Kier alpha value is -5.45. The first-order valence-electron chi connectivity index (χ1n) is 10.9. The maximum absolute atomic E-state index is 12.0. The van der Waals surface area contributed by atoms with E-state index in [4.69, 9.17) is 9.73 Å². The lowest BCUT2D eigenvalue weighted by atomic mass is 10.00. The van der Waals surface area contributed by atoms with E-state index < -0.39 is 26.1 Å². The number of ether oxygens (including phenoxy) is 1. The fourth-order valence-corrected chi connectivity index (χ4v) is 4.31. The number of hydrogen-bond donors (Lipinski definition) is 0. The maximum Gasteiger partial charge on any atom is 0.285 e. The van der Waals surface area contributed by atoms with Gasteiger partial charge in [0, 0.05) is 23.3 Å². The number of aliphatic imine (C=N–C) groups is 1. The number of nitro benzene ring substituents is 3. The first-order valence-corrected chi connectivity index (χ1v) is 10.9. The molecule has 0 atom stereocenters. The molecule has 0 bridgehead atoms. The Morgan fingerprint density at radius 2 is 1.30 bits per heavy atom. The molecule has 0 fully saturated rings. The third-order valence-electron chi connectivity index (χ3n) is 5.80. The molecule has 4 aromatic carbocycles. The quantitative estimate of drug-likeness (QED) is 0.188. The SMILES string of the molecule is Cc1cc2c(c([N+](=O)[O-])c1)-c1c(cc([N+](=O)[O-])cc1[N+](=O)[O-])C2=Nc1ccccc1Oc1ccccc1. The molecule has 37 heavy (non-hydrogen) atoms. The van der Waals surface area contributed by atoms with Crippen molar-refractivity contribution in [1.82, 2.24) is 0 Å². The van der Waals surface area contributed by atoms with Gasteiger partial charge in [-0.2, -0.15) is 0 Å². The van der Waals surface area contributed by atoms with E-state index in [-0.39, 0.29) is 33.7 Å². The number of nitrogens with zero attached hydrogens (tertiary/aromatic N) is 4. The molecule has 11 heteroatoms. The molecule has 5 rings (SSSR count). The Kier molecular flexibility index (Phi) is 5.65. The molecular weight excluding hydrogens is 480 g/mol. The Morgan fingerprint density at radius 1 is 0.703 bits per heavy atom. The minimum Gasteiger partial charge on any atom is -0.455 e. The van der Waals surface area contributed by atoms with Gasteiger partial charge in [-0.05, 0) is 42.8 Å². The van der Waals surface area contributed by atoms with Crippen LogP contribution in [0.3, 0.4) is 0 Å². The summed E-state index contributed by atoms with van der Waals surface area (Å²) in [6.07, 6.45) is 0. The highest BCUT2D eigenvalue weighted by Gasteiger charge is 2.39. The van der Waals surface area contributed by atoms with E-state index in [1.807, 2.05) is 6.07 Å². The van der Waals surface area contributed by atoms with Gasteiger partial charge >= 0.3 is 0 Å². The molecule has 0 unspecified atom stereocenters. The van der Waals surface area contributed by atoms with E-state index >= 15 is 0 Å². The van der Waals surface area contributed by atoms with Crippen LogP contribution in [0.5, 0.6) is 11.5 Å². The summed E-state index contributed by atoms with van der Waals surface area (Å²) in [6, 6.07) is 20.6. The molecule has 0 amide bonds. The normalized spacial score (nSPS) is 12.6. The first-order chi connectivity index (χ1) is 17.7. The average molecular weight is 496 g/mol. The Labute approximate surface area is 208 Å². The minimum absolute atomic E-state index is 0.00703. The molecule has 0 heterocycles. The van der Waals surface area contributed by atoms with Crippen molar-refractivity contribution in [2.24, 2.45) is 4.99 Å². The van der Waals surface area contributed by atoms with Gasteiger partial charge in [-0.15, -0.1) is 0 Å². The number of non-ortho nitro benzene ring substituents is 1. The predicted octanol–water partition coefficient (Wildman–Crippen LogP) is 6.66. The molecule has 11 nitrogen and oxygen atoms in total. The van der Waals surface area contributed by atoms with Gasteiger partial charge in [0.2, 0.25) is 0 Å². The highest BCUT2D eigenvalue weighted by Crippen LogP contribution is 2.50. The minimum atomic E-state index is -0.783. The fraction of sp³-hybridized carbons (Fsp3) is 0.0385. The monoisotopic (exact) mass is 496 g/mol. The maximum atomic E-state index is 12.0. The highest BCUT2D eigenvalue weighted by molar-refractivity contribution is 6.28. The molecule has 1 aliphatic rings. The summed E-state index contributed by atoms with van der Waals surface area (Å²) in [6.45, 7) is 1.65. The van der Waals surface area contributed by atoms with Crippen molar-refractivity contribution in [3.05, 3.63) is 126 Å². The van der Waals surface area contributed by atoms with Crippen LogP contribution in [0, 0.1) is 37.3 Å². The van der Waals surface area contributed by atoms with E-state index in [2.05, 4.69) is 0 Å². The molecule has 0 radical (unpaired) electrons. The third kappa shape index (κ3) is 4.14. The largest absolute Gasteiger partial charge is 0.455 e. The zero-order chi connectivity index (χ0) is 26.3. The number of para-hydroxylation sites is 3. The van der Waals surface area contributed by atoms with Gasteiger partial charge in [0.05, 0.1) is 37.7 Å². The Morgan fingerprint density at radius 3 is 1.95 bits per heavy atom. The number of fused-ring (bicyclic) bond motifs is 3. The lowest BCUT2D eigenvalue weighted by molar-refractivity contribution is -0.394. The molecule has 0 saturated heterocycles. The van der Waals surface area contributed by atoms with E-state index in [9.17, 15) is 30.3 Å².